The van der Waals surface area contributed by atoms with Gasteiger partial charge in [0.1, 0.15) is 17.2 Å². The minimum absolute atomic E-state index is 0.0460. The van der Waals surface area contributed by atoms with Crippen molar-refractivity contribution in [2.75, 3.05) is 11.5 Å². The van der Waals surface area contributed by atoms with Gasteiger partial charge in [-0.15, -0.1) is 0 Å². The Labute approximate surface area is 167 Å². The lowest BCUT2D eigenvalue weighted by Gasteiger charge is -2.16. The van der Waals surface area contributed by atoms with E-state index in [0.717, 1.165) is 34.6 Å². The second-order valence-corrected chi connectivity index (χ2v) is 8.41. The van der Waals surface area contributed by atoms with Gasteiger partial charge in [-0.3, -0.25) is 15.0 Å². The number of ether oxygens (including phenoxy) is 2. The van der Waals surface area contributed by atoms with Crippen molar-refractivity contribution in [1.82, 2.24) is 9.97 Å². The first-order valence-electron chi connectivity index (χ1n) is 9.49. The fourth-order valence-corrected chi connectivity index (χ4v) is 3.93. The van der Waals surface area contributed by atoms with Crippen LogP contribution in [0.1, 0.15) is 37.8 Å². The molecule has 1 saturated carbocycles. The lowest BCUT2D eigenvalue weighted by atomic mass is 9.90. The van der Waals surface area contributed by atoms with E-state index in [-0.39, 0.29) is 22.8 Å². The summed E-state index contributed by atoms with van der Waals surface area (Å²) in [5.41, 5.74) is 0.783. The minimum Gasteiger partial charge on any atom is -0.492 e. The number of anilines is 1. The SMILES string of the molecule is Cc1ccc(Oc2cnc(N3C(=O)C(=N)C(C)(C)C3=O)cn2)c2c1OCC21CC1. The Morgan fingerprint density at radius 3 is 2.52 bits per heavy atom. The molecule has 29 heavy (non-hydrogen) atoms. The molecule has 148 valence electrons. The van der Waals surface area contributed by atoms with Crippen LogP contribution in [0.5, 0.6) is 17.4 Å². The summed E-state index contributed by atoms with van der Waals surface area (Å²) in [7, 11) is 0. The number of rotatable bonds is 3. The van der Waals surface area contributed by atoms with Gasteiger partial charge in [-0.25, -0.2) is 14.9 Å². The number of imide groups is 1. The summed E-state index contributed by atoms with van der Waals surface area (Å²) < 4.78 is 11.9. The van der Waals surface area contributed by atoms with Gasteiger partial charge in [-0.1, -0.05) is 6.07 Å². The topological polar surface area (TPSA) is 105 Å². The third-order valence-electron chi connectivity index (χ3n) is 6.03. The van der Waals surface area contributed by atoms with Gasteiger partial charge >= 0.3 is 0 Å². The molecule has 0 atom stereocenters. The van der Waals surface area contributed by atoms with E-state index in [1.165, 1.54) is 12.4 Å². The van der Waals surface area contributed by atoms with E-state index in [0.29, 0.717) is 12.4 Å². The highest BCUT2D eigenvalue weighted by Crippen LogP contribution is 2.59. The first-order valence-corrected chi connectivity index (χ1v) is 9.49. The highest BCUT2D eigenvalue weighted by Gasteiger charge is 2.53. The summed E-state index contributed by atoms with van der Waals surface area (Å²) in [4.78, 5) is 34.1. The van der Waals surface area contributed by atoms with Crippen molar-refractivity contribution in [2.24, 2.45) is 5.41 Å². The summed E-state index contributed by atoms with van der Waals surface area (Å²) in [5, 5.41) is 7.89. The van der Waals surface area contributed by atoms with Gasteiger partial charge in [0.15, 0.2) is 5.82 Å². The average Bonchev–Trinajstić information content (AvgIpc) is 3.34. The first kappa shape index (κ1) is 17.8. The zero-order valence-electron chi connectivity index (χ0n) is 16.4. The van der Waals surface area contributed by atoms with Crippen molar-refractivity contribution < 1.29 is 19.1 Å². The number of aryl methyl sites for hydroxylation is 1. The molecule has 2 aliphatic heterocycles. The van der Waals surface area contributed by atoms with Crippen LogP contribution in [0.4, 0.5) is 5.82 Å². The molecular formula is C21H20N4O4. The van der Waals surface area contributed by atoms with Crippen LogP contribution in [0.2, 0.25) is 0 Å². The maximum absolute atomic E-state index is 12.5. The van der Waals surface area contributed by atoms with Crippen molar-refractivity contribution in [3.63, 3.8) is 0 Å². The Hall–Kier alpha value is -3.29. The number of nitrogens with one attached hydrogen (secondary N) is 1. The van der Waals surface area contributed by atoms with E-state index in [4.69, 9.17) is 14.9 Å². The second kappa shape index (κ2) is 5.62. The second-order valence-electron chi connectivity index (χ2n) is 8.41. The van der Waals surface area contributed by atoms with E-state index in [2.05, 4.69) is 9.97 Å². The van der Waals surface area contributed by atoms with Gasteiger partial charge < -0.3 is 9.47 Å². The zero-order valence-corrected chi connectivity index (χ0v) is 16.4. The number of nitrogens with zero attached hydrogens (tertiary/aromatic N) is 3. The van der Waals surface area contributed by atoms with Crippen molar-refractivity contribution in [1.29, 1.82) is 5.41 Å². The van der Waals surface area contributed by atoms with Crippen LogP contribution in [0.3, 0.4) is 0 Å². The molecule has 8 heteroatoms. The van der Waals surface area contributed by atoms with Crippen LogP contribution in [0, 0.1) is 17.7 Å². The minimum atomic E-state index is -1.17. The normalized spacial score (nSPS) is 20.8. The van der Waals surface area contributed by atoms with Crippen LogP contribution in [-0.2, 0) is 15.0 Å². The van der Waals surface area contributed by atoms with Crippen molar-refractivity contribution in [3.8, 4) is 17.4 Å². The van der Waals surface area contributed by atoms with Gasteiger partial charge in [0.25, 0.3) is 5.91 Å². The van der Waals surface area contributed by atoms with E-state index in [1.807, 2.05) is 19.1 Å². The summed E-state index contributed by atoms with van der Waals surface area (Å²) in [5.74, 6) is 0.763. The molecule has 3 heterocycles. The predicted octanol–water partition coefficient (Wildman–Crippen LogP) is 2.92. The quantitative estimate of drug-likeness (QED) is 0.805. The maximum Gasteiger partial charge on any atom is 0.281 e. The molecule has 1 aromatic heterocycles. The van der Waals surface area contributed by atoms with Crippen molar-refractivity contribution >= 4 is 23.3 Å². The van der Waals surface area contributed by atoms with Crippen LogP contribution in [0.25, 0.3) is 0 Å². The average molecular weight is 392 g/mol. The number of hydrogen-bond donors (Lipinski definition) is 1. The van der Waals surface area contributed by atoms with Crippen molar-refractivity contribution in [2.45, 2.75) is 39.0 Å². The first-order chi connectivity index (χ1) is 13.7. The fourth-order valence-electron chi connectivity index (χ4n) is 3.93. The van der Waals surface area contributed by atoms with Gasteiger partial charge in [0.05, 0.1) is 24.4 Å². The van der Waals surface area contributed by atoms with Gasteiger partial charge in [0, 0.05) is 11.0 Å². The highest BCUT2D eigenvalue weighted by molar-refractivity contribution is 6.57. The molecule has 2 fully saturated rings. The summed E-state index contributed by atoms with van der Waals surface area (Å²) in [6, 6.07) is 3.86. The molecular weight excluding hydrogens is 372 g/mol. The lowest BCUT2D eigenvalue weighted by molar-refractivity contribution is -0.124. The Morgan fingerprint density at radius 1 is 1.17 bits per heavy atom. The van der Waals surface area contributed by atoms with Crippen LogP contribution >= 0.6 is 0 Å². The molecule has 3 aliphatic rings. The molecule has 1 aromatic carbocycles. The molecule has 1 spiro atoms. The van der Waals surface area contributed by atoms with E-state index in [1.54, 1.807) is 13.8 Å². The number of fused-ring (bicyclic) bond motifs is 2. The van der Waals surface area contributed by atoms with E-state index in [9.17, 15) is 9.59 Å². The van der Waals surface area contributed by atoms with Gasteiger partial charge in [-0.2, -0.15) is 0 Å². The predicted molar refractivity (Wildman–Crippen MR) is 104 cm³/mol. The van der Waals surface area contributed by atoms with E-state index >= 15 is 0 Å². The Balaban J connectivity index is 1.44. The fraction of sp³-hybridized carbons (Fsp3) is 0.381. The molecule has 0 unspecified atom stereocenters. The third-order valence-corrected chi connectivity index (χ3v) is 6.03. The number of hydrogen-bond acceptors (Lipinski definition) is 7. The van der Waals surface area contributed by atoms with Gasteiger partial charge in [0.2, 0.25) is 11.8 Å². The smallest absolute Gasteiger partial charge is 0.281 e. The Kier molecular flexibility index (Phi) is 3.45. The number of carbonyl (C=O) groups is 2. The molecule has 0 bridgehead atoms. The molecule has 1 aliphatic carbocycles. The molecule has 0 radical (unpaired) electrons. The van der Waals surface area contributed by atoms with Gasteiger partial charge in [-0.05, 0) is 45.2 Å². The number of aromatic nitrogens is 2. The molecule has 2 aromatic rings. The van der Waals surface area contributed by atoms with Crippen LogP contribution in [0.15, 0.2) is 24.5 Å². The van der Waals surface area contributed by atoms with Crippen molar-refractivity contribution in [3.05, 3.63) is 35.7 Å². The summed E-state index contributed by atoms with van der Waals surface area (Å²) >= 11 is 0. The molecule has 8 nitrogen and oxygen atoms in total. The maximum atomic E-state index is 12.5. The molecule has 1 N–H and O–H groups in total. The molecule has 5 rings (SSSR count). The number of amides is 2. The summed E-state index contributed by atoms with van der Waals surface area (Å²) in [6.45, 7) is 5.79. The van der Waals surface area contributed by atoms with E-state index < -0.39 is 17.2 Å². The third kappa shape index (κ3) is 2.41. The Morgan fingerprint density at radius 2 is 1.93 bits per heavy atom. The molecule has 1 saturated heterocycles. The number of carbonyl (C=O) groups excluding carboxylic acids is 2. The summed E-state index contributed by atoms with van der Waals surface area (Å²) in [6.07, 6.45) is 4.85. The zero-order chi connectivity index (χ0) is 20.6. The highest BCUT2D eigenvalue weighted by atomic mass is 16.5. The number of benzene rings is 1. The Bertz CT molecular complexity index is 1090. The van der Waals surface area contributed by atoms with Crippen LogP contribution in [-0.4, -0.2) is 34.1 Å². The standard InChI is InChI=1S/C21H20N4O4/c1-11-4-5-12(15-16(11)28-10-21(15)6-7-21)29-14-9-23-13(8-24-14)25-18(26)17(22)20(2,3)19(25)27/h4-5,8-9,22H,6-7,10H2,1-3H3. The molecule has 2 amide bonds. The largest absolute Gasteiger partial charge is 0.492 e. The monoisotopic (exact) mass is 392 g/mol. The van der Waals surface area contributed by atoms with Crippen LogP contribution < -0.4 is 14.4 Å². The lowest BCUT2D eigenvalue weighted by Crippen LogP contribution is -2.33.